The molecule has 2 aliphatic rings. The van der Waals surface area contributed by atoms with Gasteiger partial charge < -0.3 is 19.6 Å². The lowest BCUT2D eigenvalue weighted by atomic mass is 9.72. The van der Waals surface area contributed by atoms with Crippen molar-refractivity contribution in [1.29, 1.82) is 0 Å². The van der Waals surface area contributed by atoms with Gasteiger partial charge in [0.05, 0.1) is 12.7 Å². The normalized spacial score (nSPS) is 20.7. The molecule has 6 nitrogen and oxygen atoms in total. The predicted octanol–water partition coefficient (Wildman–Crippen LogP) is 1.82. The fourth-order valence-electron chi connectivity index (χ4n) is 4.15. The molecule has 0 radical (unpaired) electrons. The van der Waals surface area contributed by atoms with Gasteiger partial charge in [0.2, 0.25) is 11.8 Å². The summed E-state index contributed by atoms with van der Waals surface area (Å²) in [5, 5.41) is 9.63. The molecule has 148 valence electrons. The number of carbonyl (C=O) groups is 2. The number of nitrogens with zero attached hydrogens (tertiary/aromatic N) is 2. The van der Waals surface area contributed by atoms with Crippen LogP contribution in [0.3, 0.4) is 0 Å². The molecule has 0 bridgehead atoms. The molecule has 1 N–H and O–H groups in total. The van der Waals surface area contributed by atoms with E-state index in [0.29, 0.717) is 39.2 Å². The predicted molar refractivity (Wildman–Crippen MR) is 102 cm³/mol. The molecule has 1 aromatic rings. The molecule has 0 aliphatic carbocycles. The minimum atomic E-state index is -0.507. The first-order chi connectivity index (χ1) is 13.0. The number of ether oxygens (including phenoxy) is 1. The molecule has 0 aromatic heterocycles. The van der Waals surface area contributed by atoms with E-state index in [-0.39, 0.29) is 23.8 Å². The molecule has 1 atom stereocenters. The molecule has 1 spiro atoms. The van der Waals surface area contributed by atoms with Crippen molar-refractivity contribution >= 4 is 11.8 Å². The lowest BCUT2D eigenvalue weighted by molar-refractivity contribution is -0.145. The molecule has 2 heterocycles. The molecule has 2 fully saturated rings. The van der Waals surface area contributed by atoms with Crippen LogP contribution in [0, 0.1) is 5.41 Å². The van der Waals surface area contributed by atoms with Crippen LogP contribution in [0.25, 0.3) is 0 Å². The SMILES string of the molecule is C[C@H](O)CN1CC2(CCC1=O)CCN(C(=O)COCc1ccccc1)CC2. The second-order valence-electron chi connectivity index (χ2n) is 7.98. The summed E-state index contributed by atoms with van der Waals surface area (Å²) in [5.74, 6) is 0.169. The lowest BCUT2D eigenvalue weighted by Crippen LogP contribution is -2.53. The summed E-state index contributed by atoms with van der Waals surface area (Å²) in [6.45, 7) is 4.79. The first kappa shape index (κ1) is 19.8. The molecule has 0 unspecified atom stereocenters. The highest BCUT2D eigenvalue weighted by molar-refractivity contribution is 5.78. The van der Waals surface area contributed by atoms with E-state index in [0.717, 1.165) is 24.8 Å². The number of hydrogen-bond donors (Lipinski definition) is 1. The van der Waals surface area contributed by atoms with Crippen molar-refractivity contribution in [2.45, 2.75) is 45.3 Å². The van der Waals surface area contributed by atoms with Crippen molar-refractivity contribution in [3.8, 4) is 0 Å². The number of aliphatic hydroxyl groups is 1. The molecule has 27 heavy (non-hydrogen) atoms. The number of likely N-dealkylation sites (tertiary alicyclic amines) is 2. The van der Waals surface area contributed by atoms with Crippen LogP contribution >= 0.6 is 0 Å². The fraction of sp³-hybridized carbons (Fsp3) is 0.619. The van der Waals surface area contributed by atoms with Gasteiger partial charge in [-0.3, -0.25) is 9.59 Å². The number of β-amino-alcohol motifs (C(OH)–C–C–N with tert-alkyl or cyclic N) is 1. The van der Waals surface area contributed by atoms with Gasteiger partial charge in [-0.2, -0.15) is 0 Å². The summed E-state index contributed by atoms with van der Waals surface area (Å²) in [4.78, 5) is 28.2. The Morgan fingerprint density at radius 3 is 2.59 bits per heavy atom. The number of piperidine rings is 2. The Labute approximate surface area is 161 Å². The van der Waals surface area contributed by atoms with Gasteiger partial charge in [-0.1, -0.05) is 30.3 Å². The van der Waals surface area contributed by atoms with Gasteiger partial charge in [-0.15, -0.1) is 0 Å². The van der Waals surface area contributed by atoms with Gasteiger partial charge in [0.25, 0.3) is 0 Å². The van der Waals surface area contributed by atoms with Crippen LogP contribution in [-0.4, -0.2) is 65.6 Å². The van der Waals surface area contributed by atoms with E-state index in [4.69, 9.17) is 4.74 Å². The van der Waals surface area contributed by atoms with E-state index in [2.05, 4.69) is 0 Å². The molecule has 6 heteroatoms. The zero-order valence-electron chi connectivity index (χ0n) is 16.1. The van der Waals surface area contributed by atoms with Crippen molar-refractivity contribution in [3.05, 3.63) is 35.9 Å². The van der Waals surface area contributed by atoms with Crippen molar-refractivity contribution in [3.63, 3.8) is 0 Å². The standard InChI is InChI=1S/C21H30N2O4/c1-17(24)13-23-16-21(8-7-19(23)25)9-11-22(12-10-21)20(26)15-27-14-18-5-3-2-4-6-18/h2-6,17,24H,7-16H2,1H3/t17-/m0/s1. The summed E-state index contributed by atoms with van der Waals surface area (Å²) < 4.78 is 5.57. The third-order valence-corrected chi connectivity index (χ3v) is 5.75. The van der Waals surface area contributed by atoms with E-state index in [1.54, 1.807) is 11.8 Å². The number of rotatable bonds is 6. The Hall–Kier alpha value is -1.92. The summed E-state index contributed by atoms with van der Waals surface area (Å²) in [7, 11) is 0. The van der Waals surface area contributed by atoms with Crippen molar-refractivity contribution in [1.82, 2.24) is 9.80 Å². The summed E-state index contributed by atoms with van der Waals surface area (Å²) in [5.41, 5.74) is 1.15. The molecule has 3 rings (SSSR count). The van der Waals surface area contributed by atoms with Crippen LogP contribution in [-0.2, 0) is 20.9 Å². The number of aliphatic hydroxyl groups excluding tert-OH is 1. The van der Waals surface area contributed by atoms with Crippen LogP contribution in [0.5, 0.6) is 0 Å². The van der Waals surface area contributed by atoms with Crippen LogP contribution in [0.2, 0.25) is 0 Å². The van der Waals surface area contributed by atoms with Gasteiger partial charge in [0, 0.05) is 32.6 Å². The molecule has 2 amide bonds. The Bertz CT molecular complexity index is 639. The number of carbonyl (C=O) groups excluding carboxylic acids is 2. The van der Waals surface area contributed by atoms with E-state index >= 15 is 0 Å². The Balaban J connectivity index is 1.45. The van der Waals surface area contributed by atoms with Crippen molar-refractivity contribution in [2.24, 2.45) is 5.41 Å². The van der Waals surface area contributed by atoms with Crippen molar-refractivity contribution < 1.29 is 19.4 Å². The summed E-state index contributed by atoms with van der Waals surface area (Å²) in [6.07, 6.45) is 2.73. The zero-order valence-corrected chi connectivity index (χ0v) is 16.1. The highest BCUT2D eigenvalue weighted by Gasteiger charge is 2.41. The Morgan fingerprint density at radius 2 is 1.93 bits per heavy atom. The molecule has 0 saturated carbocycles. The second-order valence-corrected chi connectivity index (χ2v) is 7.98. The smallest absolute Gasteiger partial charge is 0.248 e. The summed E-state index contributed by atoms with van der Waals surface area (Å²) >= 11 is 0. The van der Waals surface area contributed by atoms with E-state index in [9.17, 15) is 14.7 Å². The monoisotopic (exact) mass is 374 g/mol. The Kier molecular flexibility index (Phi) is 6.50. The van der Waals surface area contributed by atoms with E-state index < -0.39 is 6.10 Å². The molecule has 2 saturated heterocycles. The van der Waals surface area contributed by atoms with Crippen LogP contribution in [0.1, 0.15) is 38.2 Å². The van der Waals surface area contributed by atoms with Crippen LogP contribution in [0.15, 0.2) is 30.3 Å². The number of hydrogen-bond acceptors (Lipinski definition) is 4. The van der Waals surface area contributed by atoms with Gasteiger partial charge >= 0.3 is 0 Å². The largest absolute Gasteiger partial charge is 0.392 e. The maximum atomic E-state index is 12.4. The number of amides is 2. The zero-order chi connectivity index (χ0) is 19.3. The third-order valence-electron chi connectivity index (χ3n) is 5.75. The van der Waals surface area contributed by atoms with Crippen molar-refractivity contribution in [2.75, 3.05) is 32.8 Å². The average Bonchev–Trinajstić information content (AvgIpc) is 2.66. The fourth-order valence-corrected chi connectivity index (χ4v) is 4.15. The molecule has 1 aromatic carbocycles. The highest BCUT2D eigenvalue weighted by atomic mass is 16.5. The van der Waals surface area contributed by atoms with Crippen LogP contribution < -0.4 is 0 Å². The van der Waals surface area contributed by atoms with E-state index in [1.807, 2.05) is 35.2 Å². The van der Waals surface area contributed by atoms with Gasteiger partial charge in [0.1, 0.15) is 6.61 Å². The van der Waals surface area contributed by atoms with Gasteiger partial charge in [-0.25, -0.2) is 0 Å². The van der Waals surface area contributed by atoms with Gasteiger partial charge in [0.15, 0.2) is 0 Å². The maximum absolute atomic E-state index is 12.4. The minimum Gasteiger partial charge on any atom is -0.392 e. The summed E-state index contributed by atoms with van der Waals surface area (Å²) in [6, 6.07) is 9.84. The van der Waals surface area contributed by atoms with E-state index in [1.165, 1.54) is 0 Å². The third kappa shape index (κ3) is 5.30. The lowest BCUT2D eigenvalue weighted by Gasteiger charge is -2.47. The van der Waals surface area contributed by atoms with Gasteiger partial charge in [-0.05, 0) is 37.2 Å². The average molecular weight is 374 g/mol. The second kappa shape index (κ2) is 8.85. The highest BCUT2D eigenvalue weighted by Crippen LogP contribution is 2.40. The molecular weight excluding hydrogens is 344 g/mol. The molecule has 2 aliphatic heterocycles. The minimum absolute atomic E-state index is 0.0357. The maximum Gasteiger partial charge on any atom is 0.248 e. The van der Waals surface area contributed by atoms with Crippen LogP contribution in [0.4, 0.5) is 0 Å². The topological polar surface area (TPSA) is 70.1 Å². The first-order valence-corrected chi connectivity index (χ1v) is 9.83. The number of benzene rings is 1. The molecular formula is C21H30N2O4. The Morgan fingerprint density at radius 1 is 1.22 bits per heavy atom. The first-order valence-electron chi connectivity index (χ1n) is 9.83. The quantitative estimate of drug-likeness (QED) is 0.825.